The van der Waals surface area contributed by atoms with Crippen LogP contribution < -0.4 is 5.32 Å². The maximum atomic E-state index is 12.4. The van der Waals surface area contributed by atoms with Gasteiger partial charge in [-0.15, -0.1) is 0 Å². The van der Waals surface area contributed by atoms with Crippen LogP contribution in [0.25, 0.3) is 5.57 Å². The molecule has 1 saturated heterocycles. The predicted octanol–water partition coefficient (Wildman–Crippen LogP) is 3.86. The van der Waals surface area contributed by atoms with Crippen molar-refractivity contribution >= 4 is 11.7 Å². The van der Waals surface area contributed by atoms with Gasteiger partial charge in [-0.2, -0.15) is 0 Å². The number of benzene rings is 1. The van der Waals surface area contributed by atoms with E-state index in [9.17, 15) is 4.79 Å². The molecule has 3 fully saturated rings. The number of amides is 1. The average molecular weight is 327 g/mol. The molecule has 4 nitrogen and oxygen atoms in total. The molecule has 128 valence electrons. The second kappa shape index (κ2) is 5.35. The Morgan fingerprint density at radius 3 is 2.79 bits per heavy atom. The van der Waals surface area contributed by atoms with Gasteiger partial charge in [0.1, 0.15) is 6.10 Å². The molecule has 5 unspecified atom stereocenters. The van der Waals surface area contributed by atoms with Crippen LogP contribution in [0.15, 0.2) is 30.8 Å². The highest BCUT2D eigenvalue weighted by Gasteiger charge is 2.64. The Kier molecular flexibility index (Phi) is 3.50. The van der Waals surface area contributed by atoms with Gasteiger partial charge in [0.15, 0.2) is 0 Å². The zero-order chi connectivity index (χ0) is 17.1. The SMILES string of the molecule is C=C(C)c1cccc(C(C)(C)NC(=O)OC2CC3CC2C2OC32)c1. The van der Waals surface area contributed by atoms with Crippen LogP contribution in [0.2, 0.25) is 0 Å². The third-order valence-corrected chi connectivity index (χ3v) is 5.79. The predicted molar refractivity (Wildman–Crippen MR) is 92.5 cm³/mol. The number of nitrogens with one attached hydrogen (secondary N) is 1. The van der Waals surface area contributed by atoms with E-state index >= 15 is 0 Å². The van der Waals surface area contributed by atoms with Crippen LogP contribution in [0.3, 0.4) is 0 Å². The number of epoxide rings is 1. The van der Waals surface area contributed by atoms with E-state index in [1.165, 1.54) is 0 Å². The molecule has 2 bridgehead atoms. The third kappa shape index (κ3) is 2.63. The number of hydrogen-bond donors (Lipinski definition) is 1. The van der Waals surface area contributed by atoms with Crippen molar-refractivity contribution in [3.05, 3.63) is 42.0 Å². The van der Waals surface area contributed by atoms with Crippen molar-refractivity contribution in [2.24, 2.45) is 11.8 Å². The number of carbonyl (C=O) groups is 1. The number of allylic oxidation sites excluding steroid dienone is 1. The number of hydrogen-bond acceptors (Lipinski definition) is 3. The Morgan fingerprint density at radius 2 is 2.12 bits per heavy atom. The summed E-state index contributed by atoms with van der Waals surface area (Å²) in [6, 6.07) is 8.12. The zero-order valence-corrected chi connectivity index (χ0v) is 14.5. The van der Waals surface area contributed by atoms with Crippen molar-refractivity contribution in [1.82, 2.24) is 5.32 Å². The Balaban J connectivity index is 1.41. The molecule has 3 aliphatic rings. The number of ether oxygens (including phenoxy) is 2. The van der Waals surface area contributed by atoms with Crippen LogP contribution in [0.1, 0.15) is 44.7 Å². The molecule has 1 N–H and O–H groups in total. The normalized spacial score (nSPS) is 33.0. The maximum Gasteiger partial charge on any atom is 0.408 e. The van der Waals surface area contributed by atoms with E-state index < -0.39 is 5.54 Å². The van der Waals surface area contributed by atoms with E-state index in [0.717, 1.165) is 29.5 Å². The van der Waals surface area contributed by atoms with Crippen LogP contribution in [0, 0.1) is 11.8 Å². The Labute approximate surface area is 143 Å². The summed E-state index contributed by atoms with van der Waals surface area (Å²) in [4.78, 5) is 12.4. The lowest BCUT2D eigenvalue weighted by Crippen LogP contribution is -2.43. The minimum absolute atomic E-state index is 0.0105. The third-order valence-electron chi connectivity index (χ3n) is 5.79. The Morgan fingerprint density at radius 1 is 1.33 bits per heavy atom. The monoisotopic (exact) mass is 327 g/mol. The van der Waals surface area contributed by atoms with Gasteiger partial charge in [-0.3, -0.25) is 0 Å². The van der Waals surface area contributed by atoms with Gasteiger partial charge < -0.3 is 14.8 Å². The van der Waals surface area contributed by atoms with E-state index in [4.69, 9.17) is 9.47 Å². The van der Waals surface area contributed by atoms with Crippen LogP contribution >= 0.6 is 0 Å². The number of alkyl carbamates (subject to hydrolysis) is 1. The molecule has 0 radical (unpaired) electrons. The molecule has 1 aliphatic heterocycles. The van der Waals surface area contributed by atoms with Crippen molar-refractivity contribution in [2.75, 3.05) is 0 Å². The van der Waals surface area contributed by atoms with Gasteiger partial charge in [0, 0.05) is 5.92 Å². The molecular formula is C20H25NO3. The van der Waals surface area contributed by atoms with Crippen molar-refractivity contribution in [2.45, 2.75) is 57.5 Å². The van der Waals surface area contributed by atoms with Gasteiger partial charge in [-0.25, -0.2) is 4.79 Å². The second-order valence-corrected chi connectivity index (χ2v) is 8.02. The van der Waals surface area contributed by atoms with Crippen LogP contribution in [-0.2, 0) is 15.0 Å². The van der Waals surface area contributed by atoms with E-state index in [0.29, 0.717) is 24.0 Å². The highest BCUT2D eigenvalue weighted by Crippen LogP contribution is 2.57. The van der Waals surface area contributed by atoms with Crippen LogP contribution in [-0.4, -0.2) is 24.4 Å². The minimum Gasteiger partial charge on any atom is -0.446 e. The maximum absolute atomic E-state index is 12.4. The lowest BCUT2D eigenvalue weighted by atomic mass is 9.92. The molecule has 2 saturated carbocycles. The number of fused-ring (bicyclic) bond motifs is 5. The first-order chi connectivity index (χ1) is 11.3. The number of rotatable bonds is 4. The minimum atomic E-state index is -0.501. The topological polar surface area (TPSA) is 50.9 Å². The number of carbonyl (C=O) groups excluding carboxylic acids is 1. The van der Waals surface area contributed by atoms with Gasteiger partial charge in [0.05, 0.1) is 17.7 Å². The zero-order valence-electron chi connectivity index (χ0n) is 14.5. The highest BCUT2D eigenvalue weighted by atomic mass is 16.6. The molecule has 1 heterocycles. The first kappa shape index (κ1) is 15.7. The first-order valence-electron chi connectivity index (χ1n) is 8.76. The molecule has 4 rings (SSSR count). The van der Waals surface area contributed by atoms with E-state index in [2.05, 4.69) is 18.0 Å². The summed E-state index contributed by atoms with van der Waals surface area (Å²) in [6.45, 7) is 9.95. The van der Waals surface area contributed by atoms with Gasteiger partial charge in [-0.1, -0.05) is 30.4 Å². The van der Waals surface area contributed by atoms with Crippen LogP contribution in [0.4, 0.5) is 4.79 Å². The molecule has 1 amide bonds. The summed E-state index contributed by atoms with van der Waals surface area (Å²) in [5, 5.41) is 3.02. The lowest BCUT2D eigenvalue weighted by molar-refractivity contribution is 0.0601. The molecule has 4 heteroatoms. The fraction of sp³-hybridized carbons (Fsp3) is 0.550. The van der Waals surface area contributed by atoms with E-state index in [-0.39, 0.29) is 12.2 Å². The van der Waals surface area contributed by atoms with Crippen molar-refractivity contribution in [3.63, 3.8) is 0 Å². The van der Waals surface area contributed by atoms with E-state index in [1.807, 2.05) is 39.0 Å². The Bertz CT molecular complexity index is 696. The standard InChI is InChI=1S/C20H25NO3/c1-11(2)12-6-5-7-14(8-12)20(3,4)21-19(22)23-16-10-13-9-15(16)18-17(13)24-18/h5-8,13,15-18H,1,9-10H2,2-4H3,(H,21,22). The fourth-order valence-corrected chi connectivity index (χ4v) is 4.35. The first-order valence-corrected chi connectivity index (χ1v) is 8.76. The summed E-state index contributed by atoms with van der Waals surface area (Å²) in [5.74, 6) is 0.999. The quantitative estimate of drug-likeness (QED) is 0.855. The van der Waals surface area contributed by atoms with Crippen molar-refractivity contribution < 1.29 is 14.3 Å². The van der Waals surface area contributed by atoms with Gasteiger partial charge in [-0.05, 0) is 56.7 Å². The molecule has 0 spiro atoms. The van der Waals surface area contributed by atoms with Gasteiger partial charge in [0.25, 0.3) is 0 Å². The summed E-state index contributed by atoms with van der Waals surface area (Å²) in [7, 11) is 0. The van der Waals surface area contributed by atoms with Crippen molar-refractivity contribution in [1.29, 1.82) is 0 Å². The largest absolute Gasteiger partial charge is 0.446 e. The lowest BCUT2D eigenvalue weighted by Gasteiger charge is -2.29. The Hall–Kier alpha value is -1.81. The van der Waals surface area contributed by atoms with E-state index in [1.54, 1.807) is 0 Å². The molecule has 0 aromatic heterocycles. The second-order valence-electron chi connectivity index (χ2n) is 8.02. The summed E-state index contributed by atoms with van der Waals surface area (Å²) in [6.07, 6.45) is 2.58. The fourth-order valence-electron chi connectivity index (χ4n) is 4.35. The molecule has 2 aliphatic carbocycles. The molecule has 5 atom stereocenters. The van der Waals surface area contributed by atoms with Gasteiger partial charge in [0.2, 0.25) is 0 Å². The summed E-state index contributed by atoms with van der Waals surface area (Å²) < 4.78 is 11.4. The van der Waals surface area contributed by atoms with Crippen molar-refractivity contribution in [3.8, 4) is 0 Å². The molecule has 1 aromatic carbocycles. The molecule has 24 heavy (non-hydrogen) atoms. The smallest absolute Gasteiger partial charge is 0.408 e. The summed E-state index contributed by atoms with van der Waals surface area (Å²) in [5.41, 5.74) is 2.63. The molecular weight excluding hydrogens is 302 g/mol. The molecule has 1 aromatic rings. The van der Waals surface area contributed by atoms with Crippen LogP contribution in [0.5, 0.6) is 0 Å². The van der Waals surface area contributed by atoms with Gasteiger partial charge >= 0.3 is 6.09 Å². The average Bonchev–Trinajstić information content (AvgIpc) is 3.14. The highest BCUT2D eigenvalue weighted by molar-refractivity contribution is 5.69. The summed E-state index contributed by atoms with van der Waals surface area (Å²) >= 11 is 0.